The highest BCUT2D eigenvalue weighted by Gasteiger charge is 2.09. The normalized spacial score (nSPS) is 11.2. The van der Waals surface area contributed by atoms with Gasteiger partial charge in [0.15, 0.2) is 0 Å². The van der Waals surface area contributed by atoms with Crippen molar-refractivity contribution in [1.82, 2.24) is 15.5 Å². The Bertz CT molecular complexity index is 640. The molecule has 4 heteroatoms. The van der Waals surface area contributed by atoms with Crippen LogP contribution in [0.2, 0.25) is 0 Å². The van der Waals surface area contributed by atoms with E-state index < -0.39 is 0 Å². The Hall–Kier alpha value is -2.07. The molecular formula is C14H15N3O. The minimum absolute atomic E-state index is 0.800. The van der Waals surface area contributed by atoms with E-state index in [2.05, 4.69) is 21.6 Å². The predicted octanol–water partition coefficient (Wildman–Crippen LogP) is 2.75. The molecule has 2 heterocycles. The summed E-state index contributed by atoms with van der Waals surface area (Å²) in [6, 6.07) is 8.13. The molecule has 0 amide bonds. The van der Waals surface area contributed by atoms with Crippen LogP contribution in [0.3, 0.4) is 0 Å². The zero-order valence-electron chi connectivity index (χ0n) is 10.2. The highest BCUT2D eigenvalue weighted by Crippen LogP contribution is 2.24. The molecule has 0 bridgehead atoms. The number of benzene rings is 1. The van der Waals surface area contributed by atoms with Crippen molar-refractivity contribution in [2.24, 2.45) is 0 Å². The first-order chi connectivity index (χ1) is 8.84. The lowest BCUT2D eigenvalue weighted by Gasteiger charge is -2.02. The number of hydrogen-bond acceptors (Lipinski definition) is 3. The minimum Gasteiger partial charge on any atom is -0.461 e. The van der Waals surface area contributed by atoms with Crippen molar-refractivity contribution in [3.63, 3.8) is 0 Å². The van der Waals surface area contributed by atoms with Gasteiger partial charge in [0, 0.05) is 35.8 Å². The molecule has 0 unspecified atom stereocenters. The maximum Gasteiger partial charge on any atom is 0.134 e. The third-order valence-corrected chi connectivity index (χ3v) is 3.09. The van der Waals surface area contributed by atoms with E-state index in [0.717, 1.165) is 30.0 Å². The highest BCUT2D eigenvalue weighted by atomic mass is 16.3. The number of nitrogens with zero attached hydrogens (tertiary/aromatic N) is 1. The van der Waals surface area contributed by atoms with Gasteiger partial charge in [0.05, 0.1) is 6.20 Å². The van der Waals surface area contributed by atoms with Gasteiger partial charge in [-0.1, -0.05) is 18.2 Å². The van der Waals surface area contributed by atoms with Gasteiger partial charge in [0.2, 0.25) is 0 Å². The van der Waals surface area contributed by atoms with Crippen molar-refractivity contribution < 1.29 is 4.42 Å². The predicted molar refractivity (Wildman–Crippen MR) is 70.1 cm³/mol. The summed E-state index contributed by atoms with van der Waals surface area (Å²) >= 11 is 0. The van der Waals surface area contributed by atoms with Crippen LogP contribution in [0, 0.1) is 6.92 Å². The molecule has 0 fully saturated rings. The molecule has 0 aliphatic rings. The lowest BCUT2D eigenvalue weighted by Crippen LogP contribution is -2.12. The van der Waals surface area contributed by atoms with Gasteiger partial charge in [-0.3, -0.25) is 5.10 Å². The van der Waals surface area contributed by atoms with Gasteiger partial charge in [0.25, 0.3) is 0 Å². The first-order valence-electron chi connectivity index (χ1n) is 6.00. The number of para-hydroxylation sites is 1. The number of aromatic nitrogens is 2. The molecule has 18 heavy (non-hydrogen) atoms. The van der Waals surface area contributed by atoms with Gasteiger partial charge in [-0.15, -0.1) is 0 Å². The van der Waals surface area contributed by atoms with Gasteiger partial charge >= 0.3 is 0 Å². The van der Waals surface area contributed by atoms with E-state index in [1.54, 1.807) is 0 Å². The van der Waals surface area contributed by atoms with Crippen LogP contribution in [0.4, 0.5) is 0 Å². The van der Waals surface area contributed by atoms with Gasteiger partial charge in [-0.2, -0.15) is 5.10 Å². The summed E-state index contributed by atoms with van der Waals surface area (Å²) in [5.41, 5.74) is 3.34. The maximum absolute atomic E-state index is 5.73. The summed E-state index contributed by atoms with van der Waals surface area (Å²) in [5, 5.41) is 11.3. The van der Waals surface area contributed by atoms with Crippen molar-refractivity contribution in [1.29, 1.82) is 0 Å². The number of hydrogen-bond donors (Lipinski definition) is 2. The van der Waals surface area contributed by atoms with Crippen LogP contribution in [0.1, 0.15) is 16.9 Å². The molecule has 2 N–H and O–H groups in total. The van der Waals surface area contributed by atoms with E-state index in [1.807, 2.05) is 37.5 Å². The van der Waals surface area contributed by atoms with Crippen molar-refractivity contribution in [3.8, 4) is 0 Å². The van der Waals surface area contributed by atoms with Gasteiger partial charge in [-0.05, 0) is 13.0 Å². The van der Waals surface area contributed by atoms with Gasteiger partial charge in [0.1, 0.15) is 11.3 Å². The Morgan fingerprint density at radius 1 is 1.28 bits per heavy atom. The first-order valence-corrected chi connectivity index (χ1v) is 6.00. The number of rotatable bonds is 4. The number of furan rings is 1. The summed E-state index contributed by atoms with van der Waals surface area (Å²) in [7, 11) is 0. The number of aromatic amines is 1. The zero-order valence-corrected chi connectivity index (χ0v) is 10.2. The van der Waals surface area contributed by atoms with Crippen LogP contribution in [0.15, 0.2) is 41.1 Å². The van der Waals surface area contributed by atoms with E-state index in [9.17, 15) is 0 Å². The second-order valence-corrected chi connectivity index (χ2v) is 4.34. The number of H-pyrrole nitrogens is 1. The molecule has 2 aromatic heterocycles. The second kappa shape index (κ2) is 4.66. The third kappa shape index (κ3) is 2.02. The zero-order chi connectivity index (χ0) is 12.4. The van der Waals surface area contributed by atoms with Gasteiger partial charge in [-0.25, -0.2) is 0 Å². The average Bonchev–Trinajstić information content (AvgIpc) is 2.98. The minimum atomic E-state index is 0.800. The molecule has 3 rings (SSSR count). The monoisotopic (exact) mass is 241 g/mol. The fraction of sp³-hybridized carbons (Fsp3) is 0.214. The van der Waals surface area contributed by atoms with E-state index in [0.29, 0.717) is 0 Å². The number of nitrogens with one attached hydrogen (secondary N) is 2. The number of fused-ring (bicyclic) bond motifs is 1. The largest absolute Gasteiger partial charge is 0.461 e. The molecule has 0 saturated carbocycles. The Morgan fingerprint density at radius 3 is 3.00 bits per heavy atom. The molecule has 0 aliphatic heterocycles. The van der Waals surface area contributed by atoms with Crippen molar-refractivity contribution >= 4 is 11.0 Å². The molecule has 92 valence electrons. The van der Waals surface area contributed by atoms with E-state index >= 15 is 0 Å². The van der Waals surface area contributed by atoms with Crippen LogP contribution in [0.25, 0.3) is 11.0 Å². The van der Waals surface area contributed by atoms with Crippen molar-refractivity contribution in [2.75, 3.05) is 0 Å². The van der Waals surface area contributed by atoms with Crippen molar-refractivity contribution in [2.45, 2.75) is 20.0 Å². The molecule has 0 saturated heterocycles. The lowest BCUT2D eigenvalue weighted by atomic mass is 10.1. The molecule has 3 aromatic rings. The smallest absolute Gasteiger partial charge is 0.134 e. The lowest BCUT2D eigenvalue weighted by molar-refractivity contribution is 0.565. The molecule has 0 spiro atoms. The van der Waals surface area contributed by atoms with Crippen LogP contribution >= 0.6 is 0 Å². The maximum atomic E-state index is 5.73. The Labute approximate surface area is 105 Å². The van der Waals surface area contributed by atoms with Crippen LogP contribution < -0.4 is 5.32 Å². The third-order valence-electron chi connectivity index (χ3n) is 3.09. The average molecular weight is 241 g/mol. The summed E-state index contributed by atoms with van der Waals surface area (Å²) in [4.78, 5) is 0. The SMILES string of the molecule is Cc1oc2ccccc2c1CNCc1cn[nH]c1. The fourth-order valence-corrected chi connectivity index (χ4v) is 2.15. The quantitative estimate of drug-likeness (QED) is 0.738. The summed E-state index contributed by atoms with van der Waals surface area (Å²) in [6.45, 7) is 3.61. The van der Waals surface area contributed by atoms with E-state index in [-0.39, 0.29) is 0 Å². The van der Waals surface area contributed by atoms with Crippen LogP contribution in [0.5, 0.6) is 0 Å². The molecule has 0 aliphatic carbocycles. The van der Waals surface area contributed by atoms with Gasteiger partial charge < -0.3 is 9.73 Å². The Balaban J connectivity index is 1.76. The topological polar surface area (TPSA) is 53.9 Å². The molecule has 4 nitrogen and oxygen atoms in total. The van der Waals surface area contributed by atoms with E-state index in [1.165, 1.54) is 10.9 Å². The van der Waals surface area contributed by atoms with Crippen LogP contribution in [-0.4, -0.2) is 10.2 Å². The molecule has 0 atom stereocenters. The molecule has 1 aromatic carbocycles. The standard InChI is InChI=1S/C14H15N3O/c1-10-13(9-15-6-11-7-16-17-8-11)12-4-2-3-5-14(12)18-10/h2-5,7-8,15H,6,9H2,1H3,(H,16,17). The second-order valence-electron chi connectivity index (χ2n) is 4.34. The summed E-state index contributed by atoms with van der Waals surface area (Å²) in [6.07, 6.45) is 3.72. The van der Waals surface area contributed by atoms with E-state index in [4.69, 9.17) is 4.42 Å². The fourth-order valence-electron chi connectivity index (χ4n) is 2.15. The molecular weight excluding hydrogens is 226 g/mol. The summed E-state index contributed by atoms with van der Waals surface area (Å²) < 4.78 is 5.73. The number of aryl methyl sites for hydroxylation is 1. The highest BCUT2D eigenvalue weighted by molar-refractivity contribution is 5.82. The Kier molecular flexibility index (Phi) is 2.86. The van der Waals surface area contributed by atoms with Crippen LogP contribution in [-0.2, 0) is 13.1 Å². The van der Waals surface area contributed by atoms with Crippen molar-refractivity contribution in [3.05, 3.63) is 53.5 Å². The molecule has 0 radical (unpaired) electrons. The first kappa shape index (κ1) is 11.0. The Morgan fingerprint density at radius 2 is 2.17 bits per heavy atom. The summed E-state index contributed by atoms with van der Waals surface area (Å²) in [5.74, 6) is 0.982.